The summed E-state index contributed by atoms with van der Waals surface area (Å²) in [5, 5.41) is 9.85. The second-order valence-electron chi connectivity index (χ2n) is 7.44. The van der Waals surface area contributed by atoms with Crippen molar-refractivity contribution in [3.8, 4) is 10.4 Å². The molecule has 30 heavy (non-hydrogen) atoms. The first kappa shape index (κ1) is 21.0. The number of hydrogen-bond acceptors (Lipinski definition) is 4. The molecule has 9 heteroatoms. The average molecular weight is 466 g/mol. The smallest absolute Gasteiger partial charge is 0.325 e. The molecule has 1 fully saturated rings. The van der Waals surface area contributed by atoms with Gasteiger partial charge in [0.15, 0.2) is 0 Å². The van der Waals surface area contributed by atoms with E-state index in [9.17, 15) is 22.7 Å². The van der Waals surface area contributed by atoms with Gasteiger partial charge in [-0.15, -0.1) is 11.3 Å². The summed E-state index contributed by atoms with van der Waals surface area (Å²) in [4.78, 5) is 12.6. The molecule has 156 valence electrons. The predicted octanol–water partition coefficient (Wildman–Crippen LogP) is 4.67. The minimum absolute atomic E-state index is 0.0258. The maximum atomic E-state index is 13.7. The van der Waals surface area contributed by atoms with Gasteiger partial charge in [-0.3, -0.25) is 4.79 Å². The summed E-state index contributed by atoms with van der Waals surface area (Å²) in [7, 11) is -4.12. The Hall–Kier alpha value is -2.26. The Morgan fingerprint density at radius 2 is 1.87 bits per heavy atom. The van der Waals surface area contributed by atoms with Crippen LogP contribution in [0.2, 0.25) is 5.02 Å². The van der Waals surface area contributed by atoms with Crippen LogP contribution in [0.4, 0.5) is 4.39 Å². The molecule has 5 nitrogen and oxygen atoms in total. The third-order valence-electron chi connectivity index (χ3n) is 5.57. The average Bonchev–Trinajstić information content (AvgIpc) is 3.07. The molecule has 2 atom stereocenters. The molecule has 1 aromatic heterocycles. The number of sulfonamides is 1. The van der Waals surface area contributed by atoms with Crippen LogP contribution in [0, 0.1) is 5.82 Å². The molecule has 2 aromatic carbocycles. The van der Waals surface area contributed by atoms with E-state index in [1.807, 2.05) is 6.07 Å². The minimum atomic E-state index is -4.12. The van der Waals surface area contributed by atoms with E-state index in [1.165, 1.54) is 18.2 Å². The minimum Gasteiger partial charge on any atom is -0.480 e. The number of halogens is 2. The Labute approximate surface area is 182 Å². The van der Waals surface area contributed by atoms with Crippen LogP contribution in [0.25, 0.3) is 10.4 Å². The highest BCUT2D eigenvalue weighted by Gasteiger charge is 2.72. The van der Waals surface area contributed by atoms with Gasteiger partial charge in [0.05, 0.1) is 5.02 Å². The highest BCUT2D eigenvalue weighted by Crippen LogP contribution is 2.58. The van der Waals surface area contributed by atoms with Crippen molar-refractivity contribution in [2.24, 2.45) is 0 Å². The Morgan fingerprint density at radius 1 is 1.17 bits per heavy atom. The number of carboxylic acid groups (broad SMARTS) is 1. The van der Waals surface area contributed by atoms with Crippen molar-refractivity contribution in [1.29, 1.82) is 0 Å². The largest absolute Gasteiger partial charge is 0.480 e. The summed E-state index contributed by atoms with van der Waals surface area (Å²) in [5.41, 5.74) is -1.27. The topological polar surface area (TPSA) is 83.5 Å². The third kappa shape index (κ3) is 3.33. The van der Waals surface area contributed by atoms with Crippen molar-refractivity contribution in [2.75, 3.05) is 0 Å². The van der Waals surface area contributed by atoms with Gasteiger partial charge in [-0.1, -0.05) is 54.9 Å². The molecule has 2 N–H and O–H groups in total. The van der Waals surface area contributed by atoms with E-state index in [4.69, 9.17) is 11.6 Å². The van der Waals surface area contributed by atoms with Crippen LogP contribution in [-0.4, -0.2) is 25.0 Å². The van der Waals surface area contributed by atoms with Gasteiger partial charge in [-0.25, -0.2) is 12.8 Å². The summed E-state index contributed by atoms with van der Waals surface area (Å²) in [6.45, 7) is 1.73. The number of benzene rings is 2. The molecule has 4 rings (SSSR count). The van der Waals surface area contributed by atoms with Gasteiger partial charge in [-0.2, -0.15) is 4.72 Å². The highest BCUT2D eigenvalue weighted by atomic mass is 35.5. The van der Waals surface area contributed by atoms with Crippen molar-refractivity contribution >= 4 is 38.9 Å². The molecule has 0 aliphatic heterocycles. The fourth-order valence-electron chi connectivity index (χ4n) is 3.69. The third-order valence-corrected chi connectivity index (χ3v) is 9.00. The second-order valence-corrected chi connectivity index (χ2v) is 10.8. The summed E-state index contributed by atoms with van der Waals surface area (Å²) in [6.07, 6.45) is 0.138. The van der Waals surface area contributed by atoms with Gasteiger partial charge < -0.3 is 5.11 Å². The standard InChI is InChI=1S/C21H17ClFNO4S2/c1-20(14-5-3-2-4-6-14)12-21(20,19(25)26)24-30(27,28)18-10-9-17(29-18)13-7-8-15(22)16(23)11-13/h2-11,24H,12H2,1H3,(H,25,26)/t20-,21-/m1/s1. The lowest BCUT2D eigenvalue weighted by molar-refractivity contribution is -0.140. The van der Waals surface area contributed by atoms with E-state index in [-0.39, 0.29) is 15.7 Å². The molecule has 0 saturated heterocycles. The predicted molar refractivity (Wildman–Crippen MR) is 114 cm³/mol. The molecule has 0 unspecified atom stereocenters. The number of nitrogens with one attached hydrogen (secondary N) is 1. The van der Waals surface area contributed by atoms with E-state index >= 15 is 0 Å². The molecular weight excluding hydrogens is 449 g/mol. The summed E-state index contributed by atoms with van der Waals surface area (Å²) in [5.74, 6) is -1.83. The lowest BCUT2D eigenvalue weighted by atomic mass is 9.93. The van der Waals surface area contributed by atoms with Gasteiger partial charge in [-0.05, 0) is 41.8 Å². The van der Waals surface area contributed by atoms with E-state index in [0.717, 1.165) is 16.9 Å². The molecule has 0 spiro atoms. The van der Waals surface area contributed by atoms with Crippen LogP contribution < -0.4 is 4.72 Å². The first-order valence-electron chi connectivity index (χ1n) is 8.97. The van der Waals surface area contributed by atoms with E-state index < -0.39 is 32.8 Å². The number of thiophene rings is 1. The van der Waals surface area contributed by atoms with E-state index in [0.29, 0.717) is 10.4 Å². The molecule has 0 bridgehead atoms. The quantitative estimate of drug-likeness (QED) is 0.554. The van der Waals surface area contributed by atoms with Crippen LogP contribution in [0.15, 0.2) is 64.9 Å². The normalized spacial score (nSPS) is 23.3. The fourth-order valence-corrected chi connectivity index (χ4v) is 6.57. The zero-order chi connectivity index (χ0) is 21.7. The van der Waals surface area contributed by atoms with Gasteiger partial charge in [0.1, 0.15) is 15.6 Å². The maximum absolute atomic E-state index is 13.7. The summed E-state index contributed by atoms with van der Waals surface area (Å²) < 4.78 is 42.2. The SMILES string of the molecule is C[C@]1(c2ccccc2)C[C@@]1(NS(=O)(=O)c1ccc(-c2ccc(Cl)c(F)c2)s1)C(=O)O. The number of aliphatic carboxylic acids is 1. The van der Waals surface area contributed by atoms with Gasteiger partial charge in [0, 0.05) is 10.3 Å². The Kier molecular flexibility index (Phi) is 5.01. The number of carbonyl (C=O) groups is 1. The van der Waals surface area contributed by atoms with E-state index in [2.05, 4.69) is 4.72 Å². The van der Waals surface area contributed by atoms with Crippen molar-refractivity contribution in [3.63, 3.8) is 0 Å². The van der Waals surface area contributed by atoms with Crippen LogP contribution in [-0.2, 0) is 20.2 Å². The molecule has 1 heterocycles. The first-order chi connectivity index (χ1) is 14.1. The zero-order valence-electron chi connectivity index (χ0n) is 15.7. The van der Waals surface area contributed by atoms with Crippen molar-refractivity contribution in [1.82, 2.24) is 4.72 Å². The lowest BCUT2D eigenvalue weighted by Crippen LogP contribution is -2.47. The van der Waals surface area contributed by atoms with E-state index in [1.54, 1.807) is 43.3 Å². The zero-order valence-corrected chi connectivity index (χ0v) is 18.1. The van der Waals surface area contributed by atoms with Gasteiger partial charge in [0.2, 0.25) is 0 Å². The van der Waals surface area contributed by atoms with Crippen molar-refractivity contribution in [2.45, 2.75) is 28.5 Å². The first-order valence-corrected chi connectivity index (χ1v) is 11.6. The molecule has 0 amide bonds. The fraction of sp³-hybridized carbons (Fsp3) is 0.190. The molecule has 0 radical (unpaired) electrons. The monoisotopic (exact) mass is 465 g/mol. The summed E-state index contributed by atoms with van der Waals surface area (Å²) >= 11 is 6.63. The number of rotatable bonds is 6. The van der Waals surface area contributed by atoms with Gasteiger partial charge in [0.25, 0.3) is 10.0 Å². The maximum Gasteiger partial charge on any atom is 0.325 e. The molecular formula is C21H17ClFNO4S2. The number of carboxylic acids is 1. The van der Waals surface area contributed by atoms with Crippen LogP contribution >= 0.6 is 22.9 Å². The second kappa shape index (κ2) is 7.16. The Balaban J connectivity index is 1.65. The van der Waals surface area contributed by atoms with Crippen LogP contribution in [0.5, 0.6) is 0 Å². The molecule has 1 aliphatic rings. The highest BCUT2D eigenvalue weighted by molar-refractivity contribution is 7.91. The van der Waals surface area contributed by atoms with Crippen molar-refractivity contribution < 1.29 is 22.7 Å². The summed E-state index contributed by atoms with van der Waals surface area (Å²) in [6, 6.07) is 16.1. The van der Waals surface area contributed by atoms with Gasteiger partial charge >= 0.3 is 5.97 Å². The lowest BCUT2D eigenvalue weighted by Gasteiger charge is -2.20. The molecule has 1 saturated carbocycles. The number of hydrogen-bond donors (Lipinski definition) is 2. The molecule has 1 aliphatic carbocycles. The Bertz CT molecular complexity index is 1240. The van der Waals surface area contributed by atoms with Crippen molar-refractivity contribution in [3.05, 3.63) is 77.1 Å². The van der Waals surface area contributed by atoms with Crippen LogP contribution in [0.3, 0.4) is 0 Å². The molecule has 3 aromatic rings. The Morgan fingerprint density at radius 3 is 2.50 bits per heavy atom. The van der Waals surface area contributed by atoms with Crippen LogP contribution in [0.1, 0.15) is 18.9 Å².